The Kier molecular flexibility index (Phi) is 2.98. The van der Waals surface area contributed by atoms with E-state index in [1.54, 1.807) is 0 Å². The van der Waals surface area contributed by atoms with Gasteiger partial charge in [-0.25, -0.2) is 8.78 Å². The summed E-state index contributed by atoms with van der Waals surface area (Å²) in [4.78, 5) is 0. The number of benzene rings is 1. The first-order valence-electron chi connectivity index (χ1n) is 5.75. The second kappa shape index (κ2) is 4.13. The minimum Gasteiger partial charge on any atom is -0.321 e. The minimum absolute atomic E-state index is 0.519. The van der Waals surface area contributed by atoms with Crippen molar-refractivity contribution in [3.05, 3.63) is 35.4 Å². The van der Waals surface area contributed by atoms with E-state index in [1.165, 1.54) is 12.1 Å². The maximum atomic E-state index is 13.2. The van der Waals surface area contributed by atoms with Crippen molar-refractivity contribution in [1.29, 1.82) is 0 Å². The molecule has 0 amide bonds. The minimum atomic E-state index is -0.555. The Labute approximate surface area is 94.7 Å². The molecular weight excluding hydrogens is 208 g/mol. The average molecular weight is 225 g/mol. The molecule has 1 aromatic carbocycles. The topological polar surface area (TPSA) is 26.0 Å². The van der Waals surface area contributed by atoms with Crippen molar-refractivity contribution in [3.63, 3.8) is 0 Å². The fourth-order valence-corrected chi connectivity index (χ4v) is 2.70. The molecule has 16 heavy (non-hydrogen) atoms. The third kappa shape index (κ3) is 2.24. The van der Waals surface area contributed by atoms with Gasteiger partial charge in [0.05, 0.1) is 0 Å². The van der Waals surface area contributed by atoms with Gasteiger partial charge in [-0.05, 0) is 36.5 Å². The van der Waals surface area contributed by atoms with Gasteiger partial charge in [-0.3, -0.25) is 0 Å². The lowest BCUT2D eigenvalue weighted by atomic mass is 9.73. The Morgan fingerprint density at radius 3 is 2.44 bits per heavy atom. The Morgan fingerprint density at radius 1 is 1.25 bits per heavy atom. The standard InChI is InChI=1S/C13H17F2N/c1-9-3-2-4-13(16,8-9)10-5-11(14)7-12(15)6-10/h5-7,9H,2-4,8,16H2,1H3. The maximum absolute atomic E-state index is 13.2. The number of halogens is 2. The van der Waals surface area contributed by atoms with E-state index >= 15 is 0 Å². The molecule has 0 spiro atoms. The lowest BCUT2D eigenvalue weighted by molar-refractivity contribution is 0.238. The first-order chi connectivity index (χ1) is 7.49. The van der Waals surface area contributed by atoms with E-state index in [4.69, 9.17) is 5.73 Å². The highest BCUT2D eigenvalue weighted by Gasteiger charge is 2.33. The van der Waals surface area contributed by atoms with Crippen molar-refractivity contribution in [2.24, 2.45) is 11.7 Å². The van der Waals surface area contributed by atoms with Crippen LogP contribution in [0, 0.1) is 17.6 Å². The highest BCUT2D eigenvalue weighted by Crippen LogP contribution is 2.38. The molecule has 2 atom stereocenters. The van der Waals surface area contributed by atoms with Gasteiger partial charge in [0.1, 0.15) is 11.6 Å². The van der Waals surface area contributed by atoms with E-state index < -0.39 is 17.2 Å². The quantitative estimate of drug-likeness (QED) is 0.779. The van der Waals surface area contributed by atoms with Gasteiger partial charge < -0.3 is 5.73 Å². The van der Waals surface area contributed by atoms with Gasteiger partial charge in [0, 0.05) is 11.6 Å². The van der Waals surface area contributed by atoms with Crippen LogP contribution in [0.1, 0.15) is 38.2 Å². The molecule has 0 saturated heterocycles. The largest absolute Gasteiger partial charge is 0.321 e. The number of rotatable bonds is 1. The molecule has 1 aliphatic rings. The molecule has 88 valence electrons. The van der Waals surface area contributed by atoms with Crippen molar-refractivity contribution in [2.45, 2.75) is 38.1 Å². The molecule has 1 saturated carbocycles. The Morgan fingerprint density at radius 2 is 1.88 bits per heavy atom. The first kappa shape index (κ1) is 11.5. The van der Waals surface area contributed by atoms with Crippen LogP contribution in [0.4, 0.5) is 8.78 Å². The van der Waals surface area contributed by atoms with Gasteiger partial charge in [0.25, 0.3) is 0 Å². The summed E-state index contributed by atoms with van der Waals surface area (Å²) in [5, 5.41) is 0. The third-order valence-corrected chi connectivity index (χ3v) is 3.47. The normalized spacial score (nSPS) is 30.4. The van der Waals surface area contributed by atoms with E-state index in [1.807, 2.05) is 0 Å². The molecule has 2 unspecified atom stereocenters. The Hall–Kier alpha value is -0.960. The van der Waals surface area contributed by atoms with Crippen molar-refractivity contribution in [1.82, 2.24) is 0 Å². The van der Waals surface area contributed by atoms with Crippen molar-refractivity contribution in [3.8, 4) is 0 Å². The third-order valence-electron chi connectivity index (χ3n) is 3.47. The van der Waals surface area contributed by atoms with Gasteiger partial charge in [0.2, 0.25) is 0 Å². The van der Waals surface area contributed by atoms with Gasteiger partial charge in [-0.2, -0.15) is 0 Å². The van der Waals surface area contributed by atoms with Crippen LogP contribution in [0.5, 0.6) is 0 Å². The molecule has 1 fully saturated rings. The van der Waals surface area contributed by atoms with Crippen LogP contribution < -0.4 is 5.73 Å². The molecule has 3 heteroatoms. The van der Waals surface area contributed by atoms with Crippen LogP contribution in [0.25, 0.3) is 0 Å². The van der Waals surface area contributed by atoms with Crippen molar-refractivity contribution < 1.29 is 8.78 Å². The van der Waals surface area contributed by atoms with Crippen LogP contribution >= 0.6 is 0 Å². The molecule has 1 aliphatic carbocycles. The number of hydrogen-bond donors (Lipinski definition) is 1. The van der Waals surface area contributed by atoms with Gasteiger partial charge in [-0.15, -0.1) is 0 Å². The predicted octanol–water partition coefficient (Wildman–Crippen LogP) is 3.33. The monoisotopic (exact) mass is 225 g/mol. The molecule has 0 aliphatic heterocycles. The van der Waals surface area contributed by atoms with Crippen LogP contribution in [0.3, 0.4) is 0 Å². The fourth-order valence-electron chi connectivity index (χ4n) is 2.70. The van der Waals surface area contributed by atoms with Crippen LogP contribution in [0.2, 0.25) is 0 Å². The summed E-state index contributed by atoms with van der Waals surface area (Å²) in [6, 6.07) is 3.61. The first-order valence-corrected chi connectivity index (χ1v) is 5.75. The molecule has 2 rings (SSSR count). The molecule has 2 N–H and O–H groups in total. The molecule has 0 aromatic heterocycles. The zero-order valence-corrected chi connectivity index (χ0v) is 9.47. The van der Waals surface area contributed by atoms with Gasteiger partial charge >= 0.3 is 0 Å². The molecule has 1 nitrogen and oxygen atoms in total. The average Bonchev–Trinajstić information content (AvgIpc) is 2.15. The number of hydrogen-bond acceptors (Lipinski definition) is 1. The lowest BCUT2D eigenvalue weighted by Gasteiger charge is -2.37. The van der Waals surface area contributed by atoms with Gasteiger partial charge in [0.15, 0.2) is 0 Å². The second-order valence-electron chi connectivity index (χ2n) is 5.02. The van der Waals surface area contributed by atoms with Crippen LogP contribution in [0.15, 0.2) is 18.2 Å². The molecule has 1 aromatic rings. The van der Waals surface area contributed by atoms with E-state index in [0.29, 0.717) is 11.5 Å². The van der Waals surface area contributed by atoms with Crippen molar-refractivity contribution >= 4 is 0 Å². The summed E-state index contributed by atoms with van der Waals surface area (Å²) in [6.45, 7) is 2.14. The lowest BCUT2D eigenvalue weighted by Crippen LogP contribution is -2.41. The second-order valence-corrected chi connectivity index (χ2v) is 5.02. The molecular formula is C13H17F2N. The molecule has 0 heterocycles. The summed E-state index contributed by atoms with van der Waals surface area (Å²) >= 11 is 0. The van der Waals surface area contributed by atoms with Crippen LogP contribution in [-0.2, 0) is 5.54 Å². The van der Waals surface area contributed by atoms with E-state index in [9.17, 15) is 8.78 Å². The van der Waals surface area contributed by atoms with Crippen LogP contribution in [-0.4, -0.2) is 0 Å². The highest BCUT2D eigenvalue weighted by molar-refractivity contribution is 5.26. The summed E-state index contributed by atoms with van der Waals surface area (Å²) in [6.07, 6.45) is 3.78. The van der Waals surface area contributed by atoms with E-state index in [0.717, 1.165) is 31.7 Å². The SMILES string of the molecule is CC1CCCC(N)(c2cc(F)cc(F)c2)C1. The molecule has 0 radical (unpaired) electrons. The highest BCUT2D eigenvalue weighted by atomic mass is 19.1. The summed E-state index contributed by atoms with van der Waals surface area (Å²) in [7, 11) is 0. The van der Waals surface area contributed by atoms with E-state index in [2.05, 4.69) is 6.92 Å². The summed E-state index contributed by atoms with van der Waals surface area (Å²) in [5.74, 6) is -0.568. The predicted molar refractivity (Wildman–Crippen MR) is 59.9 cm³/mol. The zero-order chi connectivity index (χ0) is 11.8. The Bertz CT molecular complexity index is 371. The van der Waals surface area contributed by atoms with Gasteiger partial charge in [-0.1, -0.05) is 19.8 Å². The van der Waals surface area contributed by atoms with Crippen molar-refractivity contribution in [2.75, 3.05) is 0 Å². The Balaban J connectivity index is 2.34. The maximum Gasteiger partial charge on any atom is 0.126 e. The summed E-state index contributed by atoms with van der Waals surface area (Å²) < 4.78 is 26.3. The zero-order valence-electron chi connectivity index (χ0n) is 9.47. The number of nitrogens with two attached hydrogens (primary N) is 1. The smallest absolute Gasteiger partial charge is 0.126 e. The molecule has 0 bridgehead atoms. The van der Waals surface area contributed by atoms with E-state index in [-0.39, 0.29) is 0 Å². The summed E-state index contributed by atoms with van der Waals surface area (Å²) in [5.41, 5.74) is 6.31. The fraction of sp³-hybridized carbons (Fsp3) is 0.538.